The Labute approximate surface area is 98.2 Å². The Morgan fingerprint density at radius 1 is 1.35 bits per heavy atom. The third-order valence-corrected chi connectivity index (χ3v) is 2.77. The maximum absolute atomic E-state index is 13.6. The average Bonchev–Trinajstić information content (AvgIpc) is 2.36. The number of nitrogens with one attached hydrogen (secondary N) is 1. The van der Waals surface area contributed by atoms with Gasteiger partial charge < -0.3 is 4.74 Å². The summed E-state index contributed by atoms with van der Waals surface area (Å²) in [4.78, 5) is 0. The maximum atomic E-state index is 13.6. The Kier molecular flexibility index (Phi) is 3.71. The van der Waals surface area contributed by atoms with Gasteiger partial charge in [-0.3, -0.25) is 5.84 Å². The van der Waals surface area contributed by atoms with E-state index in [2.05, 4.69) is 5.43 Å². The first-order valence-corrected chi connectivity index (χ1v) is 5.44. The lowest BCUT2D eigenvalue weighted by Gasteiger charge is -2.23. The van der Waals surface area contributed by atoms with Crippen molar-refractivity contribution in [1.82, 2.24) is 5.43 Å². The van der Waals surface area contributed by atoms with Crippen LogP contribution in [0.4, 0.5) is 8.78 Å². The van der Waals surface area contributed by atoms with Crippen molar-refractivity contribution < 1.29 is 13.5 Å². The molecule has 0 spiro atoms. The lowest BCUT2D eigenvalue weighted by atomic mass is 9.95. The minimum absolute atomic E-state index is 0.198. The van der Waals surface area contributed by atoms with E-state index in [0.29, 0.717) is 6.61 Å². The van der Waals surface area contributed by atoms with Crippen LogP contribution in [0.1, 0.15) is 24.4 Å². The number of hydrazine groups is 1. The molecule has 0 aliphatic carbocycles. The van der Waals surface area contributed by atoms with Gasteiger partial charge in [0.05, 0.1) is 18.9 Å². The minimum Gasteiger partial charge on any atom is -0.501 e. The van der Waals surface area contributed by atoms with Crippen LogP contribution in [0.5, 0.6) is 0 Å². The number of benzene rings is 1. The number of rotatable bonds is 3. The van der Waals surface area contributed by atoms with E-state index in [1.165, 1.54) is 0 Å². The van der Waals surface area contributed by atoms with E-state index in [-0.39, 0.29) is 5.56 Å². The Morgan fingerprint density at radius 3 is 2.82 bits per heavy atom. The summed E-state index contributed by atoms with van der Waals surface area (Å²) in [6, 6.07) is 2.78. The second-order valence-electron chi connectivity index (χ2n) is 3.93. The summed E-state index contributed by atoms with van der Waals surface area (Å²) in [7, 11) is 0. The van der Waals surface area contributed by atoms with E-state index in [0.717, 1.165) is 36.6 Å². The molecule has 2 rings (SSSR count). The molecule has 0 amide bonds. The molecule has 1 heterocycles. The van der Waals surface area contributed by atoms with Crippen LogP contribution in [-0.4, -0.2) is 6.61 Å². The van der Waals surface area contributed by atoms with Crippen LogP contribution in [0, 0.1) is 11.6 Å². The summed E-state index contributed by atoms with van der Waals surface area (Å²) in [6.45, 7) is 0.645. The van der Waals surface area contributed by atoms with Crippen molar-refractivity contribution in [2.24, 2.45) is 5.84 Å². The number of hydrogen-bond acceptors (Lipinski definition) is 3. The zero-order chi connectivity index (χ0) is 12.3. The molecule has 0 bridgehead atoms. The van der Waals surface area contributed by atoms with Gasteiger partial charge in [-0.1, -0.05) is 0 Å². The summed E-state index contributed by atoms with van der Waals surface area (Å²) in [6.07, 6.45) is 3.17. The van der Waals surface area contributed by atoms with E-state index < -0.39 is 17.7 Å². The van der Waals surface area contributed by atoms with Crippen molar-refractivity contribution >= 4 is 0 Å². The zero-order valence-corrected chi connectivity index (χ0v) is 9.25. The molecule has 1 aliphatic heterocycles. The summed E-state index contributed by atoms with van der Waals surface area (Å²) in [5.74, 6) is 4.45. The van der Waals surface area contributed by atoms with Gasteiger partial charge in [-0.15, -0.1) is 0 Å². The second kappa shape index (κ2) is 5.25. The van der Waals surface area contributed by atoms with E-state index in [1.807, 2.05) is 0 Å². The highest BCUT2D eigenvalue weighted by Gasteiger charge is 2.21. The quantitative estimate of drug-likeness (QED) is 0.628. The highest BCUT2D eigenvalue weighted by molar-refractivity contribution is 5.29. The molecule has 92 valence electrons. The predicted octanol–water partition coefficient (Wildman–Crippen LogP) is 2.16. The Bertz CT molecular complexity index is 435. The molecule has 1 aromatic rings. The van der Waals surface area contributed by atoms with Crippen molar-refractivity contribution in [3.8, 4) is 0 Å². The Hall–Kier alpha value is -1.46. The van der Waals surface area contributed by atoms with Crippen LogP contribution in [-0.2, 0) is 4.74 Å². The van der Waals surface area contributed by atoms with Gasteiger partial charge in [-0.2, -0.15) is 0 Å². The van der Waals surface area contributed by atoms with Crippen LogP contribution in [0.2, 0.25) is 0 Å². The summed E-state index contributed by atoms with van der Waals surface area (Å²) in [5.41, 5.74) is 3.52. The first-order valence-electron chi connectivity index (χ1n) is 5.44. The molecule has 0 saturated heterocycles. The fourth-order valence-corrected chi connectivity index (χ4v) is 1.93. The van der Waals surface area contributed by atoms with Crippen molar-refractivity contribution in [3.05, 3.63) is 47.2 Å². The number of ether oxygens (including phenoxy) is 1. The minimum atomic E-state index is -0.550. The fourth-order valence-electron chi connectivity index (χ4n) is 1.93. The van der Waals surface area contributed by atoms with Crippen LogP contribution in [0.15, 0.2) is 30.0 Å². The smallest absolute Gasteiger partial charge is 0.128 e. The standard InChI is InChI=1S/C12H14F2N2O/c13-9-3-4-11(14)10(6-9)12(16-15)8-2-1-5-17-7-8/h3-4,6-7,12,16H,1-2,5,15H2. The molecule has 1 aliphatic rings. The van der Waals surface area contributed by atoms with Gasteiger partial charge in [0.1, 0.15) is 11.6 Å². The molecule has 1 unspecified atom stereocenters. The van der Waals surface area contributed by atoms with Gasteiger partial charge in [0.25, 0.3) is 0 Å². The molecule has 3 nitrogen and oxygen atoms in total. The molecule has 0 saturated carbocycles. The molecule has 0 fully saturated rings. The molecule has 1 atom stereocenters. The van der Waals surface area contributed by atoms with E-state index in [1.54, 1.807) is 6.26 Å². The number of nitrogens with two attached hydrogens (primary N) is 1. The number of halogens is 2. The third-order valence-electron chi connectivity index (χ3n) is 2.77. The van der Waals surface area contributed by atoms with E-state index >= 15 is 0 Å². The monoisotopic (exact) mass is 240 g/mol. The fraction of sp³-hybridized carbons (Fsp3) is 0.333. The topological polar surface area (TPSA) is 47.3 Å². The van der Waals surface area contributed by atoms with Gasteiger partial charge in [-0.05, 0) is 36.6 Å². The summed E-state index contributed by atoms with van der Waals surface area (Å²) in [5, 5.41) is 0. The molecule has 5 heteroatoms. The Balaban J connectivity index is 2.34. The van der Waals surface area contributed by atoms with Crippen LogP contribution in [0.25, 0.3) is 0 Å². The zero-order valence-electron chi connectivity index (χ0n) is 9.25. The highest BCUT2D eigenvalue weighted by atomic mass is 19.1. The molecule has 0 radical (unpaired) electrons. The van der Waals surface area contributed by atoms with Crippen LogP contribution < -0.4 is 11.3 Å². The average molecular weight is 240 g/mol. The van der Waals surface area contributed by atoms with Gasteiger partial charge in [0.2, 0.25) is 0 Å². The lowest BCUT2D eigenvalue weighted by molar-refractivity contribution is 0.219. The summed E-state index contributed by atoms with van der Waals surface area (Å²) < 4.78 is 31.9. The van der Waals surface area contributed by atoms with Crippen molar-refractivity contribution in [2.45, 2.75) is 18.9 Å². The van der Waals surface area contributed by atoms with Crippen molar-refractivity contribution in [2.75, 3.05) is 6.61 Å². The summed E-state index contributed by atoms with van der Waals surface area (Å²) >= 11 is 0. The molecular formula is C12H14F2N2O. The second-order valence-corrected chi connectivity index (χ2v) is 3.93. The molecule has 0 aromatic heterocycles. The third kappa shape index (κ3) is 2.62. The largest absolute Gasteiger partial charge is 0.501 e. The van der Waals surface area contributed by atoms with Crippen molar-refractivity contribution in [1.29, 1.82) is 0 Å². The van der Waals surface area contributed by atoms with Gasteiger partial charge in [0, 0.05) is 5.56 Å². The highest BCUT2D eigenvalue weighted by Crippen LogP contribution is 2.29. The molecular weight excluding hydrogens is 226 g/mol. The molecule has 1 aromatic carbocycles. The lowest BCUT2D eigenvalue weighted by Crippen LogP contribution is -2.31. The van der Waals surface area contributed by atoms with Crippen LogP contribution >= 0.6 is 0 Å². The maximum Gasteiger partial charge on any atom is 0.128 e. The van der Waals surface area contributed by atoms with Gasteiger partial charge in [0.15, 0.2) is 0 Å². The van der Waals surface area contributed by atoms with Gasteiger partial charge >= 0.3 is 0 Å². The normalized spacial score (nSPS) is 17.2. The molecule has 17 heavy (non-hydrogen) atoms. The Morgan fingerprint density at radius 2 is 2.18 bits per heavy atom. The van der Waals surface area contributed by atoms with E-state index in [9.17, 15) is 8.78 Å². The first kappa shape index (κ1) is 12.0. The first-order chi connectivity index (χ1) is 8.22. The molecule has 3 N–H and O–H groups in total. The predicted molar refractivity (Wildman–Crippen MR) is 59.7 cm³/mol. The van der Waals surface area contributed by atoms with Gasteiger partial charge in [-0.25, -0.2) is 14.2 Å². The SMILES string of the molecule is NNC(C1=COCCC1)c1cc(F)ccc1F. The number of hydrogen-bond donors (Lipinski definition) is 2. The van der Waals surface area contributed by atoms with Crippen LogP contribution in [0.3, 0.4) is 0 Å². The van der Waals surface area contributed by atoms with E-state index in [4.69, 9.17) is 10.6 Å². The van der Waals surface area contributed by atoms with Crippen molar-refractivity contribution in [3.63, 3.8) is 0 Å².